The first-order chi connectivity index (χ1) is 23.2. The summed E-state index contributed by atoms with van der Waals surface area (Å²) in [5.74, 6) is -0.296. The maximum absolute atomic E-state index is 13.9. The van der Waals surface area contributed by atoms with Gasteiger partial charge in [0.1, 0.15) is 23.4 Å². The van der Waals surface area contributed by atoms with Crippen LogP contribution in [0, 0.1) is 5.82 Å². The van der Waals surface area contributed by atoms with E-state index >= 15 is 0 Å². The lowest BCUT2D eigenvalue weighted by Crippen LogP contribution is -2.51. The van der Waals surface area contributed by atoms with Crippen LogP contribution < -0.4 is 14.8 Å². The zero-order valence-corrected chi connectivity index (χ0v) is 27.4. The molecule has 5 rings (SSSR count). The number of carbonyl (C=O) groups excluding carboxylic acids is 2. The van der Waals surface area contributed by atoms with E-state index in [1.807, 2.05) is 42.5 Å². The number of sulfonamides is 1. The van der Waals surface area contributed by atoms with E-state index in [0.717, 1.165) is 11.1 Å². The molecule has 2 amide bonds. The van der Waals surface area contributed by atoms with Crippen LogP contribution in [0.5, 0.6) is 11.5 Å². The molecule has 1 fully saturated rings. The van der Waals surface area contributed by atoms with Crippen molar-refractivity contribution in [2.24, 2.45) is 0 Å². The summed E-state index contributed by atoms with van der Waals surface area (Å²) < 4.78 is 57.5. The third-order valence-corrected chi connectivity index (χ3v) is 9.87. The Kier molecular flexibility index (Phi) is 11.8. The quantitative estimate of drug-likeness (QED) is 0.213. The van der Waals surface area contributed by atoms with Gasteiger partial charge in [0, 0.05) is 32.6 Å². The van der Waals surface area contributed by atoms with Crippen LogP contribution in [0.2, 0.25) is 0 Å². The Morgan fingerprint density at radius 3 is 2.12 bits per heavy atom. The fourth-order valence-electron chi connectivity index (χ4n) is 5.26. The number of carbonyl (C=O) groups is 2. The third kappa shape index (κ3) is 9.18. The highest BCUT2D eigenvalue weighted by Crippen LogP contribution is 2.22. The zero-order valence-electron chi connectivity index (χ0n) is 26.6. The van der Waals surface area contributed by atoms with Crippen LogP contribution in [-0.2, 0) is 43.9 Å². The van der Waals surface area contributed by atoms with Gasteiger partial charge in [-0.3, -0.25) is 9.59 Å². The summed E-state index contributed by atoms with van der Waals surface area (Å²) in [5.41, 5.74) is 2.32. The Hall–Kier alpha value is -4.78. The minimum absolute atomic E-state index is 0.0205. The van der Waals surface area contributed by atoms with Gasteiger partial charge in [0.05, 0.1) is 25.2 Å². The SMILES string of the molecule is COc1ccc(CNC(=O)C(Cc2ccccc2)N(Cc2ccc(F)cc2)C(=O)COc2ccc(S(=O)(=O)N3CCOCC3)cc2)cc1. The van der Waals surface area contributed by atoms with Crippen LogP contribution >= 0.6 is 0 Å². The van der Waals surface area contributed by atoms with E-state index < -0.39 is 34.4 Å². The van der Waals surface area contributed by atoms with E-state index in [2.05, 4.69) is 5.32 Å². The van der Waals surface area contributed by atoms with Crippen molar-refractivity contribution in [3.05, 3.63) is 126 Å². The van der Waals surface area contributed by atoms with Crippen molar-refractivity contribution < 1.29 is 36.6 Å². The normalized spacial score (nSPS) is 14.1. The van der Waals surface area contributed by atoms with Gasteiger partial charge in [0.2, 0.25) is 15.9 Å². The van der Waals surface area contributed by atoms with E-state index in [1.165, 1.54) is 45.6 Å². The molecule has 10 nitrogen and oxygen atoms in total. The lowest BCUT2D eigenvalue weighted by Gasteiger charge is -2.31. The van der Waals surface area contributed by atoms with Crippen LogP contribution in [0.1, 0.15) is 16.7 Å². The minimum Gasteiger partial charge on any atom is -0.497 e. The lowest BCUT2D eigenvalue weighted by molar-refractivity contribution is -0.142. The molecular weight excluding hydrogens is 637 g/mol. The first-order valence-corrected chi connectivity index (χ1v) is 17.0. The Bertz CT molecular complexity index is 1750. The molecule has 0 radical (unpaired) electrons. The maximum Gasteiger partial charge on any atom is 0.261 e. The molecule has 1 saturated heterocycles. The van der Waals surface area contributed by atoms with Gasteiger partial charge < -0.3 is 24.4 Å². The first-order valence-electron chi connectivity index (χ1n) is 15.5. The molecule has 1 heterocycles. The topological polar surface area (TPSA) is 114 Å². The van der Waals surface area contributed by atoms with Gasteiger partial charge in [-0.05, 0) is 65.2 Å². The average molecular weight is 676 g/mol. The summed E-state index contributed by atoms with van der Waals surface area (Å²) in [6, 6.07) is 27.3. The van der Waals surface area contributed by atoms with Crippen molar-refractivity contribution >= 4 is 21.8 Å². The molecule has 1 atom stereocenters. The highest BCUT2D eigenvalue weighted by atomic mass is 32.2. The molecular formula is C36H38FN3O7S. The van der Waals surface area contributed by atoms with Gasteiger partial charge in [0.15, 0.2) is 6.61 Å². The summed E-state index contributed by atoms with van der Waals surface area (Å²) in [5, 5.41) is 2.97. The summed E-state index contributed by atoms with van der Waals surface area (Å²) >= 11 is 0. The van der Waals surface area contributed by atoms with Gasteiger partial charge in [0.25, 0.3) is 5.91 Å². The molecule has 252 valence electrons. The smallest absolute Gasteiger partial charge is 0.261 e. The molecule has 0 spiro atoms. The molecule has 1 N–H and O–H groups in total. The van der Waals surface area contributed by atoms with Gasteiger partial charge in [-0.25, -0.2) is 12.8 Å². The average Bonchev–Trinajstić information content (AvgIpc) is 3.13. The van der Waals surface area contributed by atoms with Crippen LogP contribution in [-0.4, -0.2) is 75.5 Å². The fourth-order valence-corrected chi connectivity index (χ4v) is 6.67. The summed E-state index contributed by atoms with van der Waals surface area (Å²) in [4.78, 5) is 29.3. The molecule has 1 aliphatic heterocycles. The van der Waals surface area contributed by atoms with Gasteiger partial charge in [-0.1, -0.05) is 54.6 Å². The summed E-state index contributed by atoms with van der Waals surface area (Å²) in [6.45, 7) is 1.04. The van der Waals surface area contributed by atoms with Crippen molar-refractivity contribution in [2.45, 2.75) is 30.4 Å². The lowest BCUT2D eigenvalue weighted by atomic mass is 10.0. The number of rotatable bonds is 14. The molecule has 4 aromatic carbocycles. The van der Waals surface area contributed by atoms with Crippen molar-refractivity contribution in [3.8, 4) is 11.5 Å². The number of amides is 2. The highest BCUT2D eigenvalue weighted by Gasteiger charge is 2.31. The zero-order chi connectivity index (χ0) is 33.9. The number of hydrogen-bond donors (Lipinski definition) is 1. The molecule has 48 heavy (non-hydrogen) atoms. The molecule has 4 aromatic rings. The minimum atomic E-state index is -3.70. The summed E-state index contributed by atoms with van der Waals surface area (Å²) in [7, 11) is -2.12. The molecule has 0 aliphatic carbocycles. The van der Waals surface area contributed by atoms with E-state index in [0.29, 0.717) is 24.5 Å². The van der Waals surface area contributed by atoms with Crippen molar-refractivity contribution in [2.75, 3.05) is 40.0 Å². The van der Waals surface area contributed by atoms with E-state index in [1.54, 1.807) is 31.4 Å². The number of nitrogens with zero attached hydrogens (tertiary/aromatic N) is 2. The molecule has 0 bridgehead atoms. The molecule has 0 saturated carbocycles. The van der Waals surface area contributed by atoms with Crippen molar-refractivity contribution in [1.82, 2.24) is 14.5 Å². The molecule has 1 unspecified atom stereocenters. The highest BCUT2D eigenvalue weighted by molar-refractivity contribution is 7.89. The Labute approximate surface area is 280 Å². The first kappa shape index (κ1) is 34.6. The Morgan fingerprint density at radius 1 is 0.854 bits per heavy atom. The number of methoxy groups -OCH3 is 1. The third-order valence-electron chi connectivity index (χ3n) is 7.96. The van der Waals surface area contributed by atoms with Crippen LogP contribution in [0.3, 0.4) is 0 Å². The standard InChI is InChI=1S/C36H38FN3O7S/c1-45-31-13-9-28(10-14-31)24-38-36(42)34(23-27-5-3-2-4-6-27)40(25-29-7-11-30(37)12-8-29)35(41)26-47-32-15-17-33(18-16-32)48(43,44)39-19-21-46-22-20-39/h2-18,34H,19-26H2,1H3,(H,38,42). The predicted molar refractivity (Wildman–Crippen MR) is 177 cm³/mol. The van der Waals surface area contributed by atoms with Crippen molar-refractivity contribution in [1.29, 1.82) is 0 Å². The number of ether oxygens (including phenoxy) is 3. The second-order valence-electron chi connectivity index (χ2n) is 11.2. The predicted octanol–water partition coefficient (Wildman–Crippen LogP) is 4.19. The van der Waals surface area contributed by atoms with Gasteiger partial charge in [-0.15, -0.1) is 0 Å². The Balaban J connectivity index is 1.35. The molecule has 0 aromatic heterocycles. The molecule has 1 aliphatic rings. The number of morpholine rings is 1. The number of halogens is 1. The largest absolute Gasteiger partial charge is 0.497 e. The van der Waals surface area contributed by atoms with Crippen LogP contribution in [0.4, 0.5) is 4.39 Å². The fraction of sp³-hybridized carbons (Fsp3) is 0.278. The number of hydrogen-bond acceptors (Lipinski definition) is 7. The Morgan fingerprint density at radius 2 is 1.48 bits per heavy atom. The number of benzene rings is 4. The van der Waals surface area contributed by atoms with E-state index in [-0.39, 0.29) is 49.2 Å². The maximum atomic E-state index is 13.9. The molecule has 12 heteroatoms. The van der Waals surface area contributed by atoms with Gasteiger partial charge >= 0.3 is 0 Å². The van der Waals surface area contributed by atoms with E-state index in [4.69, 9.17) is 14.2 Å². The second-order valence-corrected chi connectivity index (χ2v) is 13.1. The van der Waals surface area contributed by atoms with Crippen LogP contribution in [0.15, 0.2) is 108 Å². The van der Waals surface area contributed by atoms with Crippen molar-refractivity contribution in [3.63, 3.8) is 0 Å². The number of nitrogens with one attached hydrogen (secondary N) is 1. The van der Waals surface area contributed by atoms with E-state index in [9.17, 15) is 22.4 Å². The second kappa shape index (κ2) is 16.4. The van der Waals surface area contributed by atoms with Gasteiger partial charge in [-0.2, -0.15) is 4.31 Å². The van der Waals surface area contributed by atoms with Crippen LogP contribution in [0.25, 0.3) is 0 Å². The summed E-state index contributed by atoms with van der Waals surface area (Å²) in [6.07, 6.45) is 0.219. The monoisotopic (exact) mass is 675 g/mol.